The highest BCUT2D eigenvalue weighted by molar-refractivity contribution is 9.10. The standard InChI is InChI=1S/C17H19BrF2N2O3/c1-3-22-10-12(18)9-13(22)16(23)21-7-6-11-4-5-14(24-2)15(8-11)25-17(19)20/h4-5,8-10,17H,3,6-7H2,1-2H3,(H,21,23). The maximum Gasteiger partial charge on any atom is 0.387 e. The summed E-state index contributed by atoms with van der Waals surface area (Å²) in [4.78, 5) is 12.2. The molecule has 5 nitrogen and oxygen atoms in total. The van der Waals surface area contributed by atoms with Crippen LogP contribution in [0.1, 0.15) is 23.0 Å². The first-order valence-electron chi connectivity index (χ1n) is 7.70. The lowest BCUT2D eigenvalue weighted by Crippen LogP contribution is -2.27. The number of halogens is 3. The van der Waals surface area contributed by atoms with E-state index in [0.717, 1.165) is 10.0 Å². The Bertz CT molecular complexity index is 735. The number of hydrogen-bond acceptors (Lipinski definition) is 3. The van der Waals surface area contributed by atoms with Gasteiger partial charge in [-0.1, -0.05) is 6.07 Å². The highest BCUT2D eigenvalue weighted by Crippen LogP contribution is 2.29. The maximum atomic E-state index is 12.4. The molecular weight excluding hydrogens is 398 g/mol. The Labute approximate surface area is 153 Å². The van der Waals surface area contributed by atoms with Crippen molar-refractivity contribution in [2.24, 2.45) is 0 Å². The minimum atomic E-state index is -2.93. The zero-order valence-electron chi connectivity index (χ0n) is 13.9. The van der Waals surface area contributed by atoms with Gasteiger partial charge in [-0.05, 0) is 53.0 Å². The molecule has 0 radical (unpaired) electrons. The second-order valence-corrected chi connectivity index (χ2v) is 6.11. The van der Waals surface area contributed by atoms with Crippen LogP contribution >= 0.6 is 15.9 Å². The predicted octanol–water partition coefficient (Wildman–Crippen LogP) is 3.85. The summed E-state index contributed by atoms with van der Waals surface area (Å²) in [6.07, 6.45) is 2.32. The monoisotopic (exact) mass is 416 g/mol. The molecule has 1 N–H and O–H groups in total. The molecule has 2 aromatic rings. The van der Waals surface area contributed by atoms with Crippen LogP contribution in [0.4, 0.5) is 8.78 Å². The van der Waals surface area contributed by atoms with Gasteiger partial charge in [-0.2, -0.15) is 8.78 Å². The Hall–Kier alpha value is -2.09. The molecule has 0 saturated carbocycles. The number of ether oxygens (including phenoxy) is 2. The van der Waals surface area contributed by atoms with Gasteiger partial charge in [0.2, 0.25) is 0 Å². The van der Waals surface area contributed by atoms with Crippen LogP contribution in [-0.2, 0) is 13.0 Å². The van der Waals surface area contributed by atoms with Gasteiger partial charge in [0.15, 0.2) is 11.5 Å². The van der Waals surface area contributed by atoms with E-state index in [0.29, 0.717) is 25.2 Å². The Morgan fingerprint density at radius 3 is 2.72 bits per heavy atom. The number of benzene rings is 1. The average molecular weight is 417 g/mol. The Morgan fingerprint density at radius 2 is 2.08 bits per heavy atom. The molecule has 1 heterocycles. The minimum Gasteiger partial charge on any atom is -0.493 e. The van der Waals surface area contributed by atoms with E-state index in [-0.39, 0.29) is 17.4 Å². The maximum absolute atomic E-state index is 12.4. The number of methoxy groups -OCH3 is 1. The molecule has 0 atom stereocenters. The third-order valence-corrected chi connectivity index (χ3v) is 4.01. The molecule has 0 unspecified atom stereocenters. The van der Waals surface area contributed by atoms with Crippen molar-refractivity contribution in [2.45, 2.75) is 26.5 Å². The fourth-order valence-electron chi connectivity index (χ4n) is 2.40. The van der Waals surface area contributed by atoms with E-state index in [2.05, 4.69) is 26.0 Å². The number of alkyl halides is 2. The zero-order chi connectivity index (χ0) is 18.4. The smallest absolute Gasteiger partial charge is 0.387 e. The first-order valence-corrected chi connectivity index (χ1v) is 8.49. The van der Waals surface area contributed by atoms with Crippen molar-refractivity contribution in [3.8, 4) is 11.5 Å². The van der Waals surface area contributed by atoms with E-state index in [9.17, 15) is 13.6 Å². The molecule has 8 heteroatoms. The number of aromatic nitrogens is 1. The molecule has 0 aliphatic heterocycles. The number of nitrogens with zero attached hydrogens (tertiary/aromatic N) is 1. The van der Waals surface area contributed by atoms with Gasteiger partial charge in [0, 0.05) is 23.8 Å². The summed E-state index contributed by atoms with van der Waals surface area (Å²) >= 11 is 3.35. The molecule has 0 aliphatic carbocycles. The van der Waals surface area contributed by atoms with E-state index < -0.39 is 6.61 Å². The molecular formula is C17H19BrF2N2O3. The third-order valence-electron chi connectivity index (χ3n) is 3.58. The molecule has 25 heavy (non-hydrogen) atoms. The molecule has 0 fully saturated rings. The highest BCUT2D eigenvalue weighted by atomic mass is 79.9. The van der Waals surface area contributed by atoms with Crippen LogP contribution in [0.2, 0.25) is 0 Å². The van der Waals surface area contributed by atoms with Crippen LogP contribution in [-0.4, -0.2) is 30.7 Å². The van der Waals surface area contributed by atoms with Gasteiger partial charge in [0.05, 0.1) is 7.11 Å². The quantitative estimate of drug-likeness (QED) is 0.710. The van der Waals surface area contributed by atoms with Gasteiger partial charge in [-0.25, -0.2) is 0 Å². The summed E-state index contributed by atoms with van der Waals surface area (Å²) < 4.78 is 37.0. The first kappa shape index (κ1) is 19.2. The average Bonchev–Trinajstić information content (AvgIpc) is 2.95. The number of hydrogen-bond donors (Lipinski definition) is 1. The number of carbonyl (C=O) groups is 1. The summed E-state index contributed by atoms with van der Waals surface area (Å²) in [6, 6.07) is 6.55. The topological polar surface area (TPSA) is 52.5 Å². The van der Waals surface area contributed by atoms with Crippen molar-refractivity contribution in [1.82, 2.24) is 9.88 Å². The molecule has 1 aromatic heterocycles. The van der Waals surface area contributed by atoms with Crippen LogP contribution < -0.4 is 14.8 Å². The van der Waals surface area contributed by atoms with Crippen LogP contribution in [0.3, 0.4) is 0 Å². The number of aryl methyl sites for hydroxylation is 1. The Morgan fingerprint density at radius 1 is 1.32 bits per heavy atom. The number of carbonyl (C=O) groups excluding carboxylic acids is 1. The number of rotatable bonds is 8. The van der Waals surface area contributed by atoms with Crippen LogP contribution in [0, 0.1) is 0 Å². The van der Waals surface area contributed by atoms with E-state index >= 15 is 0 Å². The second kappa shape index (κ2) is 8.84. The van der Waals surface area contributed by atoms with Gasteiger partial charge < -0.3 is 19.4 Å². The van der Waals surface area contributed by atoms with Crippen LogP contribution in [0.25, 0.3) is 0 Å². The van der Waals surface area contributed by atoms with E-state index in [4.69, 9.17) is 4.74 Å². The minimum absolute atomic E-state index is 0.0230. The summed E-state index contributed by atoms with van der Waals surface area (Å²) in [5.74, 6) is 0.0222. The normalized spacial score (nSPS) is 10.8. The SMILES string of the molecule is CCn1cc(Br)cc1C(=O)NCCc1ccc(OC)c(OC(F)F)c1. The fraction of sp³-hybridized carbons (Fsp3) is 0.353. The zero-order valence-corrected chi connectivity index (χ0v) is 15.5. The Kier molecular flexibility index (Phi) is 6.81. The van der Waals surface area contributed by atoms with Gasteiger partial charge >= 0.3 is 6.61 Å². The Balaban J connectivity index is 1.98. The number of nitrogens with one attached hydrogen (secondary N) is 1. The van der Waals surface area contributed by atoms with E-state index in [1.54, 1.807) is 18.2 Å². The lowest BCUT2D eigenvalue weighted by atomic mass is 10.1. The van der Waals surface area contributed by atoms with Crippen LogP contribution in [0.5, 0.6) is 11.5 Å². The predicted molar refractivity (Wildman–Crippen MR) is 93.5 cm³/mol. The fourth-order valence-corrected chi connectivity index (χ4v) is 2.87. The van der Waals surface area contributed by atoms with Crippen molar-refractivity contribution in [2.75, 3.05) is 13.7 Å². The molecule has 0 spiro atoms. The molecule has 0 aliphatic rings. The third kappa shape index (κ3) is 5.19. The lowest BCUT2D eigenvalue weighted by molar-refractivity contribution is -0.0512. The van der Waals surface area contributed by atoms with Gasteiger partial charge in [0.1, 0.15) is 5.69 Å². The summed E-state index contributed by atoms with van der Waals surface area (Å²) in [7, 11) is 1.38. The van der Waals surface area contributed by atoms with E-state index in [1.807, 2.05) is 17.7 Å². The van der Waals surface area contributed by atoms with Gasteiger partial charge in [-0.3, -0.25) is 4.79 Å². The van der Waals surface area contributed by atoms with Crippen molar-refractivity contribution >= 4 is 21.8 Å². The van der Waals surface area contributed by atoms with Crippen molar-refractivity contribution in [3.63, 3.8) is 0 Å². The largest absolute Gasteiger partial charge is 0.493 e. The second-order valence-electron chi connectivity index (χ2n) is 5.20. The molecule has 0 bridgehead atoms. The lowest BCUT2D eigenvalue weighted by Gasteiger charge is -2.12. The van der Waals surface area contributed by atoms with Crippen molar-refractivity contribution < 1.29 is 23.0 Å². The van der Waals surface area contributed by atoms with Crippen molar-refractivity contribution in [1.29, 1.82) is 0 Å². The molecule has 136 valence electrons. The van der Waals surface area contributed by atoms with Crippen LogP contribution in [0.15, 0.2) is 34.9 Å². The number of amides is 1. The highest BCUT2D eigenvalue weighted by Gasteiger charge is 2.13. The molecule has 1 amide bonds. The summed E-state index contributed by atoms with van der Waals surface area (Å²) in [5.41, 5.74) is 1.31. The molecule has 2 rings (SSSR count). The van der Waals surface area contributed by atoms with E-state index in [1.165, 1.54) is 13.2 Å². The molecule has 1 aromatic carbocycles. The first-order chi connectivity index (χ1) is 11.9. The molecule has 0 saturated heterocycles. The van der Waals surface area contributed by atoms with Gasteiger partial charge in [0.25, 0.3) is 5.91 Å². The summed E-state index contributed by atoms with van der Waals surface area (Å²) in [6.45, 7) is 0.0714. The van der Waals surface area contributed by atoms with Crippen molar-refractivity contribution in [3.05, 3.63) is 46.2 Å². The van der Waals surface area contributed by atoms with Gasteiger partial charge in [-0.15, -0.1) is 0 Å². The summed E-state index contributed by atoms with van der Waals surface area (Å²) in [5, 5.41) is 2.82.